The van der Waals surface area contributed by atoms with Gasteiger partial charge in [0.25, 0.3) is 5.56 Å². The third-order valence-electron chi connectivity index (χ3n) is 7.63. The van der Waals surface area contributed by atoms with E-state index in [1.807, 2.05) is 12.1 Å². The van der Waals surface area contributed by atoms with Crippen LogP contribution in [-0.4, -0.2) is 48.3 Å². The summed E-state index contributed by atoms with van der Waals surface area (Å²) < 4.78 is 1.47. The van der Waals surface area contributed by atoms with Crippen LogP contribution >= 0.6 is 0 Å². The molecule has 1 aliphatic heterocycles. The van der Waals surface area contributed by atoms with Crippen LogP contribution in [0.25, 0.3) is 22.1 Å². The molecule has 1 saturated heterocycles. The summed E-state index contributed by atoms with van der Waals surface area (Å²) in [6.45, 7) is 3.80. The van der Waals surface area contributed by atoms with Gasteiger partial charge < -0.3 is 15.4 Å². The van der Waals surface area contributed by atoms with Gasteiger partial charge in [0.1, 0.15) is 17.3 Å². The standard InChI is InChI=1S/C26H28N8O2/c1-26(36)8-2-3-21(26)34-22-18(11-17(13-27)23(34)35)14-29-24(32-22)33-25-30-19-5-4-16(12-20(19)31-25)15-6-9-28-10-7-15/h4-5,11-12,14-15,21,28,36H,2-3,6-10H2,1H3,(H2,29,30,31,32,33). The number of aromatic nitrogens is 5. The van der Waals surface area contributed by atoms with E-state index in [0.29, 0.717) is 35.7 Å². The molecule has 1 saturated carbocycles. The highest BCUT2D eigenvalue weighted by Crippen LogP contribution is 2.39. The number of nitrogens with one attached hydrogen (secondary N) is 3. The van der Waals surface area contributed by atoms with Crippen molar-refractivity contribution in [3.8, 4) is 6.07 Å². The molecule has 0 bridgehead atoms. The van der Waals surface area contributed by atoms with Gasteiger partial charge in [0.2, 0.25) is 11.9 Å². The number of aromatic amines is 1. The Morgan fingerprint density at radius 3 is 2.81 bits per heavy atom. The zero-order valence-corrected chi connectivity index (χ0v) is 20.1. The second kappa shape index (κ2) is 8.69. The summed E-state index contributed by atoms with van der Waals surface area (Å²) in [6, 6.07) is 9.34. The van der Waals surface area contributed by atoms with E-state index in [2.05, 4.69) is 42.7 Å². The summed E-state index contributed by atoms with van der Waals surface area (Å²) in [6.07, 6.45) is 5.83. The normalized spacial score (nSPS) is 22.8. The number of pyridine rings is 1. The average Bonchev–Trinajstić information content (AvgIpc) is 3.45. The lowest BCUT2D eigenvalue weighted by Crippen LogP contribution is -2.38. The van der Waals surface area contributed by atoms with E-state index >= 15 is 0 Å². The molecule has 1 aliphatic carbocycles. The van der Waals surface area contributed by atoms with Gasteiger partial charge in [-0.15, -0.1) is 0 Å². The van der Waals surface area contributed by atoms with E-state index in [0.717, 1.165) is 43.4 Å². The van der Waals surface area contributed by atoms with E-state index < -0.39 is 17.2 Å². The second-order valence-corrected chi connectivity index (χ2v) is 10.1. The van der Waals surface area contributed by atoms with Crippen LogP contribution in [0.2, 0.25) is 0 Å². The first-order valence-corrected chi connectivity index (χ1v) is 12.4. The van der Waals surface area contributed by atoms with Gasteiger partial charge in [-0.25, -0.2) is 9.97 Å². The molecule has 0 radical (unpaired) electrons. The number of nitriles is 1. The number of aliphatic hydroxyl groups is 1. The van der Waals surface area contributed by atoms with E-state index in [4.69, 9.17) is 0 Å². The molecule has 1 aromatic carbocycles. The molecule has 0 spiro atoms. The molecule has 4 N–H and O–H groups in total. The lowest BCUT2D eigenvalue weighted by atomic mass is 9.90. The summed E-state index contributed by atoms with van der Waals surface area (Å²) in [7, 11) is 0. The molecule has 4 heterocycles. The maximum atomic E-state index is 13.2. The fourth-order valence-corrected chi connectivity index (χ4v) is 5.69. The van der Waals surface area contributed by atoms with E-state index in [9.17, 15) is 15.2 Å². The van der Waals surface area contributed by atoms with Crippen LogP contribution in [0.3, 0.4) is 0 Å². The van der Waals surface area contributed by atoms with Crippen LogP contribution in [0.4, 0.5) is 11.9 Å². The minimum atomic E-state index is -1.06. The minimum Gasteiger partial charge on any atom is -0.388 e. The zero-order chi connectivity index (χ0) is 24.9. The Morgan fingerprint density at radius 2 is 2.06 bits per heavy atom. The smallest absolute Gasteiger partial charge is 0.270 e. The number of piperidine rings is 1. The molecule has 2 fully saturated rings. The number of imidazole rings is 1. The summed E-state index contributed by atoms with van der Waals surface area (Å²) in [4.78, 5) is 30.1. The molecule has 3 aromatic heterocycles. The zero-order valence-electron chi connectivity index (χ0n) is 20.1. The Kier molecular flexibility index (Phi) is 5.47. The van der Waals surface area contributed by atoms with Crippen molar-refractivity contribution in [3.63, 3.8) is 0 Å². The number of hydrogen-bond donors (Lipinski definition) is 4. The summed E-state index contributed by atoms with van der Waals surface area (Å²) in [5.74, 6) is 1.32. The molecule has 2 atom stereocenters. The van der Waals surface area contributed by atoms with Crippen molar-refractivity contribution in [2.75, 3.05) is 18.4 Å². The Morgan fingerprint density at radius 1 is 1.22 bits per heavy atom. The first kappa shape index (κ1) is 22.6. The number of anilines is 2. The SMILES string of the molecule is CC1(O)CCCC1n1c(=O)c(C#N)cc2cnc(Nc3nc4ccc(C5CCNCC5)cc4[nH]3)nc21. The van der Waals surface area contributed by atoms with Gasteiger partial charge in [0.15, 0.2) is 0 Å². The number of nitrogens with zero attached hydrogens (tertiary/aromatic N) is 5. The van der Waals surface area contributed by atoms with Gasteiger partial charge in [0, 0.05) is 11.6 Å². The molecule has 0 amide bonds. The molecule has 6 rings (SSSR count). The Labute approximate surface area is 207 Å². The highest BCUT2D eigenvalue weighted by Gasteiger charge is 2.39. The summed E-state index contributed by atoms with van der Waals surface area (Å²) in [5.41, 5.74) is 1.97. The van der Waals surface area contributed by atoms with Gasteiger partial charge in [0.05, 0.1) is 22.7 Å². The molecular weight excluding hydrogens is 456 g/mol. The third-order valence-corrected chi connectivity index (χ3v) is 7.63. The molecule has 10 heteroatoms. The van der Waals surface area contributed by atoms with Gasteiger partial charge in [-0.05, 0) is 81.8 Å². The average molecular weight is 485 g/mol. The topological polar surface area (TPSA) is 145 Å². The van der Waals surface area contributed by atoms with Crippen molar-refractivity contribution >= 4 is 34.0 Å². The van der Waals surface area contributed by atoms with Gasteiger partial charge >= 0.3 is 0 Å². The van der Waals surface area contributed by atoms with Crippen molar-refractivity contribution in [2.45, 2.75) is 56.6 Å². The Bertz CT molecular complexity index is 1560. The summed E-state index contributed by atoms with van der Waals surface area (Å²) in [5, 5.41) is 27.5. The summed E-state index contributed by atoms with van der Waals surface area (Å²) >= 11 is 0. The molecule has 2 unspecified atom stereocenters. The van der Waals surface area contributed by atoms with Crippen LogP contribution in [-0.2, 0) is 0 Å². The van der Waals surface area contributed by atoms with Crippen LogP contribution in [0.15, 0.2) is 35.3 Å². The first-order valence-electron chi connectivity index (χ1n) is 12.4. The fourth-order valence-electron chi connectivity index (χ4n) is 5.69. The van der Waals surface area contributed by atoms with E-state index in [1.54, 1.807) is 13.1 Å². The second-order valence-electron chi connectivity index (χ2n) is 10.1. The highest BCUT2D eigenvalue weighted by atomic mass is 16.3. The van der Waals surface area contributed by atoms with Crippen LogP contribution in [0.5, 0.6) is 0 Å². The fraction of sp³-hybridized carbons (Fsp3) is 0.423. The number of hydrogen-bond acceptors (Lipinski definition) is 8. The van der Waals surface area contributed by atoms with Crippen LogP contribution in [0.1, 0.15) is 62.1 Å². The van der Waals surface area contributed by atoms with E-state index in [1.165, 1.54) is 16.2 Å². The van der Waals surface area contributed by atoms with E-state index in [-0.39, 0.29) is 11.5 Å². The van der Waals surface area contributed by atoms with Crippen molar-refractivity contribution < 1.29 is 5.11 Å². The lowest BCUT2D eigenvalue weighted by molar-refractivity contribution is 0.0266. The molecule has 4 aromatic rings. The van der Waals surface area contributed by atoms with Gasteiger partial charge in [-0.2, -0.15) is 10.2 Å². The molecular formula is C26H28N8O2. The predicted molar refractivity (Wildman–Crippen MR) is 136 cm³/mol. The lowest BCUT2D eigenvalue weighted by Gasteiger charge is -2.28. The van der Waals surface area contributed by atoms with Crippen molar-refractivity contribution in [2.24, 2.45) is 0 Å². The van der Waals surface area contributed by atoms with Gasteiger partial charge in [-0.1, -0.05) is 6.07 Å². The highest BCUT2D eigenvalue weighted by molar-refractivity contribution is 5.80. The van der Waals surface area contributed by atoms with Crippen LogP contribution < -0.4 is 16.2 Å². The third kappa shape index (κ3) is 3.90. The van der Waals surface area contributed by atoms with Crippen molar-refractivity contribution in [1.29, 1.82) is 5.26 Å². The van der Waals surface area contributed by atoms with Gasteiger partial charge in [-0.3, -0.25) is 14.7 Å². The minimum absolute atomic E-state index is 0.0105. The molecule has 2 aliphatic rings. The first-order chi connectivity index (χ1) is 17.4. The molecule has 10 nitrogen and oxygen atoms in total. The molecule has 36 heavy (non-hydrogen) atoms. The number of H-pyrrole nitrogens is 1. The number of fused-ring (bicyclic) bond motifs is 2. The Balaban J connectivity index is 1.37. The molecule has 184 valence electrons. The Hall–Kier alpha value is -3.81. The maximum Gasteiger partial charge on any atom is 0.270 e. The largest absolute Gasteiger partial charge is 0.388 e. The van der Waals surface area contributed by atoms with Crippen molar-refractivity contribution in [1.82, 2.24) is 29.8 Å². The van der Waals surface area contributed by atoms with Crippen molar-refractivity contribution in [3.05, 3.63) is 51.9 Å². The number of rotatable bonds is 4. The number of benzene rings is 1. The quantitative estimate of drug-likeness (QED) is 0.346. The maximum absolute atomic E-state index is 13.2. The predicted octanol–water partition coefficient (Wildman–Crippen LogP) is 3.23. The van der Waals surface area contributed by atoms with Crippen LogP contribution in [0, 0.1) is 11.3 Å². The monoisotopic (exact) mass is 484 g/mol.